The topological polar surface area (TPSA) is 17.1 Å². The van der Waals surface area contributed by atoms with Crippen molar-refractivity contribution in [3.63, 3.8) is 0 Å². The molecule has 86 valence electrons. The van der Waals surface area contributed by atoms with E-state index in [1.807, 2.05) is 18.2 Å². The molecule has 1 saturated carbocycles. The molecular formula is C13H14Cl2O. The van der Waals surface area contributed by atoms with Gasteiger partial charge in [-0.2, -0.15) is 0 Å². The van der Waals surface area contributed by atoms with Crippen molar-refractivity contribution >= 4 is 29.0 Å². The molecule has 0 heterocycles. The van der Waals surface area contributed by atoms with Crippen molar-refractivity contribution in [2.75, 3.05) is 0 Å². The van der Waals surface area contributed by atoms with E-state index in [2.05, 4.69) is 0 Å². The molecule has 1 aliphatic rings. The molecule has 0 N–H and O–H groups in total. The molecule has 0 spiro atoms. The summed E-state index contributed by atoms with van der Waals surface area (Å²) in [5.74, 6) is 0.790. The molecule has 0 radical (unpaired) electrons. The zero-order valence-electron chi connectivity index (χ0n) is 9.01. The number of hydrogen-bond donors (Lipinski definition) is 0. The number of hydrogen-bond acceptors (Lipinski definition) is 1. The first-order valence-corrected chi connectivity index (χ1v) is 6.37. The average molecular weight is 257 g/mol. The van der Waals surface area contributed by atoms with E-state index in [4.69, 9.17) is 23.2 Å². The van der Waals surface area contributed by atoms with Gasteiger partial charge in [-0.3, -0.25) is 4.79 Å². The predicted octanol–water partition coefficient (Wildman–Crippen LogP) is 4.30. The third kappa shape index (κ3) is 2.78. The summed E-state index contributed by atoms with van der Waals surface area (Å²) in [6.07, 6.45) is 4.36. The smallest absolute Gasteiger partial charge is 0.133 e. The molecular weight excluding hydrogens is 243 g/mol. The van der Waals surface area contributed by atoms with Crippen molar-refractivity contribution in [1.29, 1.82) is 0 Å². The molecule has 1 aromatic carbocycles. The van der Waals surface area contributed by atoms with Crippen LogP contribution in [0, 0.1) is 5.92 Å². The largest absolute Gasteiger partial charge is 0.300 e. The number of carbonyl (C=O) groups excluding carboxylic acids is 1. The lowest BCUT2D eigenvalue weighted by atomic mass is 9.84. The van der Waals surface area contributed by atoms with Gasteiger partial charge in [0.2, 0.25) is 0 Å². The SMILES string of the molecule is O=C1CCCC(Cc2c(Cl)cccc2Cl)C1. The molecule has 16 heavy (non-hydrogen) atoms. The lowest BCUT2D eigenvalue weighted by molar-refractivity contribution is -0.121. The number of Topliss-reactive ketones (excluding diaryl/α,β-unsaturated/α-hetero) is 1. The van der Waals surface area contributed by atoms with Crippen LogP contribution in [0.4, 0.5) is 0 Å². The Hall–Kier alpha value is -0.530. The average Bonchev–Trinajstić information content (AvgIpc) is 2.24. The molecule has 1 aromatic rings. The van der Waals surface area contributed by atoms with E-state index in [0.29, 0.717) is 28.2 Å². The first-order chi connectivity index (χ1) is 7.66. The van der Waals surface area contributed by atoms with Gasteiger partial charge in [-0.05, 0) is 42.9 Å². The van der Waals surface area contributed by atoms with Crippen molar-refractivity contribution in [2.24, 2.45) is 5.92 Å². The maximum absolute atomic E-state index is 11.4. The molecule has 0 bridgehead atoms. The van der Waals surface area contributed by atoms with E-state index in [0.717, 1.165) is 31.2 Å². The highest BCUT2D eigenvalue weighted by molar-refractivity contribution is 6.35. The summed E-state index contributed by atoms with van der Waals surface area (Å²) in [5, 5.41) is 1.43. The van der Waals surface area contributed by atoms with Gasteiger partial charge < -0.3 is 0 Å². The summed E-state index contributed by atoms with van der Waals surface area (Å²) < 4.78 is 0. The molecule has 0 amide bonds. The van der Waals surface area contributed by atoms with Crippen LogP contribution in [0.15, 0.2) is 18.2 Å². The highest BCUT2D eigenvalue weighted by Crippen LogP contribution is 2.31. The van der Waals surface area contributed by atoms with Crippen molar-refractivity contribution in [2.45, 2.75) is 32.1 Å². The van der Waals surface area contributed by atoms with Gasteiger partial charge in [0.25, 0.3) is 0 Å². The van der Waals surface area contributed by atoms with Gasteiger partial charge in [-0.15, -0.1) is 0 Å². The van der Waals surface area contributed by atoms with E-state index in [1.54, 1.807) is 0 Å². The van der Waals surface area contributed by atoms with Gasteiger partial charge in [-0.1, -0.05) is 29.3 Å². The van der Waals surface area contributed by atoms with Gasteiger partial charge in [0.15, 0.2) is 0 Å². The van der Waals surface area contributed by atoms with Crippen LogP contribution >= 0.6 is 23.2 Å². The molecule has 0 saturated heterocycles. The fourth-order valence-electron chi connectivity index (χ4n) is 2.30. The van der Waals surface area contributed by atoms with Crippen LogP contribution in [0.5, 0.6) is 0 Å². The molecule has 1 unspecified atom stereocenters. The third-order valence-corrected chi connectivity index (χ3v) is 3.85. The normalized spacial score (nSPS) is 21.1. The van der Waals surface area contributed by atoms with Crippen LogP contribution in [0.3, 0.4) is 0 Å². The van der Waals surface area contributed by atoms with Crippen molar-refractivity contribution in [3.8, 4) is 0 Å². The lowest BCUT2D eigenvalue weighted by Gasteiger charge is -2.21. The zero-order valence-corrected chi connectivity index (χ0v) is 10.5. The summed E-state index contributed by atoms with van der Waals surface area (Å²) in [5.41, 5.74) is 0.991. The second-order valence-electron chi connectivity index (χ2n) is 4.41. The van der Waals surface area contributed by atoms with E-state index in [9.17, 15) is 4.79 Å². The molecule has 0 aromatic heterocycles. The van der Waals surface area contributed by atoms with Crippen molar-refractivity contribution < 1.29 is 4.79 Å². The van der Waals surface area contributed by atoms with E-state index >= 15 is 0 Å². The summed E-state index contributed by atoms with van der Waals surface area (Å²) >= 11 is 12.2. The van der Waals surface area contributed by atoms with Gasteiger partial charge >= 0.3 is 0 Å². The molecule has 1 aliphatic carbocycles. The minimum atomic E-state index is 0.374. The number of ketones is 1. The Kier molecular flexibility index (Phi) is 3.88. The van der Waals surface area contributed by atoms with Crippen LogP contribution < -0.4 is 0 Å². The molecule has 2 rings (SSSR count). The lowest BCUT2D eigenvalue weighted by Crippen LogP contribution is -2.17. The Morgan fingerprint density at radius 1 is 1.25 bits per heavy atom. The number of carbonyl (C=O) groups is 1. The quantitative estimate of drug-likeness (QED) is 0.772. The monoisotopic (exact) mass is 256 g/mol. The molecule has 0 aliphatic heterocycles. The van der Waals surface area contributed by atoms with Crippen LogP contribution in [-0.2, 0) is 11.2 Å². The Balaban J connectivity index is 2.11. The highest BCUT2D eigenvalue weighted by Gasteiger charge is 2.21. The van der Waals surface area contributed by atoms with Gasteiger partial charge in [0, 0.05) is 22.9 Å². The fourth-order valence-corrected chi connectivity index (χ4v) is 2.86. The van der Waals surface area contributed by atoms with E-state index in [1.165, 1.54) is 0 Å². The predicted molar refractivity (Wildman–Crippen MR) is 67.1 cm³/mol. The van der Waals surface area contributed by atoms with Crippen molar-refractivity contribution in [3.05, 3.63) is 33.8 Å². The van der Waals surface area contributed by atoms with Crippen molar-refractivity contribution in [1.82, 2.24) is 0 Å². The Morgan fingerprint density at radius 2 is 1.94 bits per heavy atom. The van der Waals surface area contributed by atoms with Crippen LogP contribution in [0.1, 0.15) is 31.2 Å². The van der Waals surface area contributed by atoms with Gasteiger partial charge in [-0.25, -0.2) is 0 Å². The number of benzene rings is 1. The van der Waals surface area contributed by atoms with Gasteiger partial charge in [0.1, 0.15) is 5.78 Å². The highest BCUT2D eigenvalue weighted by atomic mass is 35.5. The molecule has 3 heteroatoms. The maximum atomic E-state index is 11.4. The second-order valence-corrected chi connectivity index (χ2v) is 5.22. The van der Waals surface area contributed by atoms with E-state index in [-0.39, 0.29) is 0 Å². The fraction of sp³-hybridized carbons (Fsp3) is 0.462. The number of rotatable bonds is 2. The third-order valence-electron chi connectivity index (χ3n) is 3.14. The second kappa shape index (κ2) is 5.20. The maximum Gasteiger partial charge on any atom is 0.133 e. The van der Waals surface area contributed by atoms with Crippen LogP contribution in [0.25, 0.3) is 0 Å². The summed E-state index contributed by atoms with van der Waals surface area (Å²) in [7, 11) is 0. The van der Waals surface area contributed by atoms with E-state index < -0.39 is 0 Å². The minimum Gasteiger partial charge on any atom is -0.300 e. The summed E-state index contributed by atoms with van der Waals surface area (Å²) in [6.45, 7) is 0. The first-order valence-electron chi connectivity index (χ1n) is 5.61. The van der Waals surface area contributed by atoms with Crippen LogP contribution in [0.2, 0.25) is 10.0 Å². The summed E-state index contributed by atoms with van der Waals surface area (Å²) in [6, 6.07) is 5.56. The first kappa shape index (κ1) is 11.9. The summed E-state index contributed by atoms with van der Waals surface area (Å²) in [4.78, 5) is 11.4. The zero-order chi connectivity index (χ0) is 11.5. The number of halogens is 2. The Bertz CT molecular complexity index is 381. The Labute approximate surface area is 106 Å². The minimum absolute atomic E-state index is 0.374. The molecule has 1 fully saturated rings. The standard InChI is InChI=1S/C13H14Cl2O/c14-12-5-2-6-13(15)11(12)8-9-3-1-4-10(16)7-9/h2,5-6,9H,1,3-4,7-8H2. The van der Waals surface area contributed by atoms with Crippen LogP contribution in [-0.4, -0.2) is 5.78 Å². The Morgan fingerprint density at radius 3 is 2.56 bits per heavy atom. The van der Waals surface area contributed by atoms with Gasteiger partial charge in [0.05, 0.1) is 0 Å². The molecule has 1 nitrogen and oxygen atoms in total. The molecule has 1 atom stereocenters.